The Labute approximate surface area is 235 Å². The quantitative estimate of drug-likeness (QED) is 0.301. The van der Waals surface area contributed by atoms with Crippen molar-refractivity contribution in [3.05, 3.63) is 106 Å². The molecule has 0 amide bonds. The van der Waals surface area contributed by atoms with E-state index in [2.05, 4.69) is 134 Å². The van der Waals surface area contributed by atoms with Gasteiger partial charge in [-0.3, -0.25) is 4.99 Å². The van der Waals surface area contributed by atoms with Crippen LogP contribution >= 0.6 is 11.8 Å². The van der Waals surface area contributed by atoms with E-state index in [4.69, 9.17) is 4.99 Å². The van der Waals surface area contributed by atoms with Gasteiger partial charge in [0.25, 0.3) is 0 Å². The molecule has 200 valence electrons. The zero-order valence-electron chi connectivity index (χ0n) is 24.4. The van der Waals surface area contributed by atoms with E-state index in [1.165, 1.54) is 39.1 Å². The second-order valence-corrected chi connectivity index (χ2v) is 12.7. The van der Waals surface area contributed by atoms with Crippen LogP contribution in [-0.2, 0) is 0 Å². The average molecular weight is 525 g/mol. The van der Waals surface area contributed by atoms with Crippen molar-refractivity contribution >= 4 is 28.2 Å². The van der Waals surface area contributed by atoms with Crippen LogP contribution in [0.5, 0.6) is 0 Å². The smallest absolute Gasteiger partial charge is 0.0934 e. The van der Waals surface area contributed by atoms with E-state index in [1.807, 2.05) is 11.8 Å². The SMILES string of the molecule is CC(C)c1cccc(C(C)C)c1NC(=CC1=NC(c2c(C(C)C)cccc2C(C)C)CS1)c1ccccc1. The first kappa shape index (κ1) is 28.2. The van der Waals surface area contributed by atoms with Crippen molar-refractivity contribution in [3.63, 3.8) is 0 Å². The van der Waals surface area contributed by atoms with Crippen molar-refractivity contribution in [1.29, 1.82) is 0 Å². The van der Waals surface area contributed by atoms with Crippen LogP contribution in [0.1, 0.15) is 118 Å². The maximum Gasteiger partial charge on any atom is 0.0934 e. The second kappa shape index (κ2) is 12.4. The summed E-state index contributed by atoms with van der Waals surface area (Å²) >= 11 is 1.87. The van der Waals surface area contributed by atoms with Crippen molar-refractivity contribution in [2.45, 2.75) is 85.1 Å². The molecule has 0 fully saturated rings. The normalized spacial score (nSPS) is 16.2. The second-order valence-electron chi connectivity index (χ2n) is 11.6. The highest BCUT2D eigenvalue weighted by molar-refractivity contribution is 8.14. The summed E-state index contributed by atoms with van der Waals surface area (Å²) in [4.78, 5) is 5.33. The first-order valence-corrected chi connectivity index (χ1v) is 15.2. The number of para-hydroxylation sites is 1. The lowest BCUT2D eigenvalue weighted by molar-refractivity contribution is 0.743. The van der Waals surface area contributed by atoms with Crippen LogP contribution in [0.25, 0.3) is 5.70 Å². The average Bonchev–Trinajstić information content (AvgIpc) is 3.36. The van der Waals surface area contributed by atoms with Gasteiger partial charge < -0.3 is 5.32 Å². The van der Waals surface area contributed by atoms with Crippen molar-refractivity contribution in [1.82, 2.24) is 0 Å². The van der Waals surface area contributed by atoms with Crippen LogP contribution in [-0.4, -0.2) is 10.8 Å². The Morgan fingerprint density at radius 2 is 1.21 bits per heavy atom. The number of nitrogens with zero attached hydrogens (tertiary/aromatic N) is 1. The third-order valence-electron chi connectivity index (χ3n) is 7.41. The standard InChI is InChI=1S/C35H44N2S/c1-22(2)27-16-12-17-28(23(3)4)34(27)32-21-38-33(36-32)20-31(26-14-10-9-11-15-26)37-35-29(24(5)6)18-13-19-30(35)25(7)8/h9-20,22-25,32,37H,21H2,1-8H3. The van der Waals surface area contributed by atoms with E-state index in [9.17, 15) is 0 Å². The van der Waals surface area contributed by atoms with Gasteiger partial charge in [-0.15, -0.1) is 11.8 Å². The van der Waals surface area contributed by atoms with E-state index in [-0.39, 0.29) is 6.04 Å². The molecule has 0 saturated carbocycles. The summed E-state index contributed by atoms with van der Waals surface area (Å²) in [6, 6.07) is 24.4. The van der Waals surface area contributed by atoms with Gasteiger partial charge in [0.2, 0.25) is 0 Å². The lowest BCUT2D eigenvalue weighted by Crippen LogP contribution is -2.08. The summed E-state index contributed by atoms with van der Waals surface area (Å²) in [5.74, 6) is 2.80. The number of rotatable bonds is 9. The topological polar surface area (TPSA) is 24.4 Å². The summed E-state index contributed by atoms with van der Waals surface area (Å²) in [5.41, 5.74) is 10.5. The highest BCUT2D eigenvalue weighted by Gasteiger charge is 2.26. The van der Waals surface area contributed by atoms with Gasteiger partial charge in [-0.2, -0.15) is 0 Å². The van der Waals surface area contributed by atoms with Gasteiger partial charge in [0.1, 0.15) is 0 Å². The summed E-state index contributed by atoms with van der Waals surface area (Å²) in [5, 5.41) is 5.00. The van der Waals surface area contributed by atoms with Gasteiger partial charge in [-0.25, -0.2) is 0 Å². The fourth-order valence-corrected chi connectivity index (χ4v) is 6.35. The zero-order chi connectivity index (χ0) is 27.4. The molecule has 38 heavy (non-hydrogen) atoms. The first-order valence-electron chi connectivity index (χ1n) is 14.2. The summed E-state index contributed by atoms with van der Waals surface area (Å²) in [6.07, 6.45) is 2.27. The number of anilines is 1. The largest absolute Gasteiger partial charge is 0.354 e. The number of hydrogen-bond acceptors (Lipinski definition) is 3. The van der Waals surface area contributed by atoms with E-state index >= 15 is 0 Å². The van der Waals surface area contributed by atoms with Crippen LogP contribution in [0.15, 0.2) is 77.8 Å². The van der Waals surface area contributed by atoms with Crippen LogP contribution in [0.4, 0.5) is 5.69 Å². The van der Waals surface area contributed by atoms with Gasteiger partial charge >= 0.3 is 0 Å². The molecule has 0 radical (unpaired) electrons. The van der Waals surface area contributed by atoms with Crippen molar-refractivity contribution in [2.24, 2.45) is 4.99 Å². The van der Waals surface area contributed by atoms with Gasteiger partial charge in [-0.05, 0) is 63.1 Å². The molecule has 2 nitrogen and oxygen atoms in total. The fourth-order valence-electron chi connectivity index (χ4n) is 5.38. The molecule has 0 spiro atoms. The molecule has 0 saturated heterocycles. The molecule has 3 aromatic rings. The molecule has 1 unspecified atom stereocenters. The van der Waals surface area contributed by atoms with E-state index in [0.29, 0.717) is 23.7 Å². The van der Waals surface area contributed by atoms with Crippen LogP contribution in [0.3, 0.4) is 0 Å². The Morgan fingerprint density at radius 1 is 0.711 bits per heavy atom. The van der Waals surface area contributed by atoms with Crippen LogP contribution < -0.4 is 5.32 Å². The third-order valence-corrected chi connectivity index (χ3v) is 8.41. The van der Waals surface area contributed by atoms with Gasteiger partial charge in [0.05, 0.1) is 11.1 Å². The number of hydrogen-bond donors (Lipinski definition) is 1. The maximum absolute atomic E-state index is 5.33. The number of nitrogens with one attached hydrogen (secondary N) is 1. The van der Waals surface area contributed by atoms with Crippen molar-refractivity contribution in [2.75, 3.05) is 11.1 Å². The third kappa shape index (κ3) is 6.26. The Balaban J connectivity index is 1.79. The van der Waals surface area contributed by atoms with Crippen LogP contribution in [0.2, 0.25) is 0 Å². The molecule has 3 aromatic carbocycles. The predicted molar refractivity (Wildman–Crippen MR) is 170 cm³/mol. The van der Waals surface area contributed by atoms with E-state index < -0.39 is 0 Å². The molecule has 0 bridgehead atoms. The molecule has 1 aliphatic heterocycles. The molecular weight excluding hydrogens is 480 g/mol. The lowest BCUT2D eigenvalue weighted by Gasteiger charge is -2.23. The monoisotopic (exact) mass is 524 g/mol. The molecule has 3 heteroatoms. The minimum Gasteiger partial charge on any atom is -0.354 e. The zero-order valence-corrected chi connectivity index (χ0v) is 25.2. The molecule has 4 rings (SSSR count). The summed E-state index contributed by atoms with van der Waals surface area (Å²) in [7, 11) is 0. The molecular formula is C35H44N2S. The highest BCUT2D eigenvalue weighted by Crippen LogP contribution is 2.40. The van der Waals surface area contributed by atoms with E-state index in [0.717, 1.165) is 16.5 Å². The minimum atomic E-state index is 0.188. The molecule has 0 aromatic heterocycles. The summed E-state index contributed by atoms with van der Waals surface area (Å²) in [6.45, 7) is 18.3. The highest BCUT2D eigenvalue weighted by atomic mass is 32.2. The Kier molecular flexibility index (Phi) is 9.20. The summed E-state index contributed by atoms with van der Waals surface area (Å²) < 4.78 is 0. The molecule has 1 aliphatic rings. The number of aliphatic imine (C=N–C) groups is 1. The molecule has 1 atom stereocenters. The van der Waals surface area contributed by atoms with E-state index in [1.54, 1.807) is 0 Å². The number of thioether (sulfide) groups is 1. The first-order chi connectivity index (χ1) is 18.2. The Bertz CT molecular complexity index is 1250. The van der Waals surface area contributed by atoms with Crippen molar-refractivity contribution in [3.8, 4) is 0 Å². The van der Waals surface area contributed by atoms with Gasteiger partial charge in [0.15, 0.2) is 0 Å². The molecule has 1 N–H and O–H groups in total. The Morgan fingerprint density at radius 3 is 1.71 bits per heavy atom. The minimum absolute atomic E-state index is 0.188. The van der Waals surface area contributed by atoms with Gasteiger partial charge in [0, 0.05) is 17.1 Å². The predicted octanol–water partition coefficient (Wildman–Crippen LogP) is 10.5. The fraction of sp³-hybridized carbons (Fsp3) is 0.400. The van der Waals surface area contributed by atoms with Crippen LogP contribution in [0, 0.1) is 0 Å². The maximum atomic E-state index is 5.33. The Hall–Kier alpha value is -2.78. The van der Waals surface area contributed by atoms with Gasteiger partial charge in [-0.1, -0.05) is 122 Å². The number of benzene rings is 3. The molecule has 0 aliphatic carbocycles. The van der Waals surface area contributed by atoms with Crippen molar-refractivity contribution < 1.29 is 0 Å². The molecule has 1 heterocycles. The lowest BCUT2D eigenvalue weighted by atomic mass is 9.85.